The van der Waals surface area contributed by atoms with Crippen molar-refractivity contribution in [1.82, 2.24) is 4.31 Å². The number of sulfonamides is 1. The second kappa shape index (κ2) is 9.41. The zero-order chi connectivity index (χ0) is 22.5. The maximum Gasteiger partial charge on any atom is 0.321 e. The summed E-state index contributed by atoms with van der Waals surface area (Å²) in [4.78, 5) is 33.8. The van der Waals surface area contributed by atoms with Gasteiger partial charge < -0.3 is 10.1 Å². The van der Waals surface area contributed by atoms with Gasteiger partial charge in [0.15, 0.2) is 6.61 Å². The van der Waals surface area contributed by atoms with E-state index >= 15 is 0 Å². The summed E-state index contributed by atoms with van der Waals surface area (Å²) in [5, 5.41) is 13.2. The van der Waals surface area contributed by atoms with Crippen LogP contribution >= 0.6 is 0 Å². The molecular weight excluding hydrogens is 421 g/mol. The Morgan fingerprint density at radius 2 is 1.83 bits per heavy atom. The lowest BCUT2D eigenvalue weighted by Crippen LogP contribution is -2.34. The highest BCUT2D eigenvalue weighted by Gasteiger charge is 2.24. The van der Waals surface area contributed by atoms with Crippen molar-refractivity contribution < 1.29 is 32.1 Å². The number of amides is 1. The summed E-state index contributed by atoms with van der Waals surface area (Å²) in [5.74, 6) is -2.28. The highest BCUT2D eigenvalue weighted by atomic mass is 32.2. The lowest BCUT2D eigenvalue weighted by molar-refractivity contribution is -0.384. The van der Waals surface area contributed by atoms with Crippen LogP contribution in [0, 0.1) is 22.9 Å². The van der Waals surface area contributed by atoms with Crippen LogP contribution in [0.5, 0.6) is 0 Å². The molecule has 0 atom stereocenters. The molecule has 0 radical (unpaired) electrons. The van der Waals surface area contributed by atoms with Gasteiger partial charge in [0.1, 0.15) is 12.4 Å². The maximum atomic E-state index is 12.9. The summed E-state index contributed by atoms with van der Waals surface area (Å²) in [6, 6.07) is 7.91. The topological polar surface area (TPSA) is 136 Å². The summed E-state index contributed by atoms with van der Waals surface area (Å²) in [6.07, 6.45) is 0. The van der Waals surface area contributed by atoms with E-state index in [9.17, 15) is 32.5 Å². The number of anilines is 1. The van der Waals surface area contributed by atoms with Crippen LogP contribution in [0.4, 0.5) is 15.8 Å². The minimum absolute atomic E-state index is 0.137. The molecule has 0 saturated heterocycles. The number of benzene rings is 2. The Hall–Kier alpha value is -3.38. The molecule has 2 aromatic rings. The first-order chi connectivity index (χ1) is 14.0. The number of esters is 1. The van der Waals surface area contributed by atoms with Crippen LogP contribution in [-0.4, -0.2) is 49.7 Å². The van der Waals surface area contributed by atoms with Crippen molar-refractivity contribution in [2.24, 2.45) is 0 Å². The molecule has 160 valence electrons. The fourth-order valence-electron chi connectivity index (χ4n) is 2.33. The van der Waals surface area contributed by atoms with E-state index in [1.807, 2.05) is 0 Å². The summed E-state index contributed by atoms with van der Waals surface area (Å²) in [5.41, 5.74) is 0.606. The first-order valence-corrected chi connectivity index (χ1v) is 9.87. The molecule has 0 fully saturated rings. The van der Waals surface area contributed by atoms with E-state index in [0.717, 1.165) is 31.3 Å². The van der Waals surface area contributed by atoms with Gasteiger partial charge in [0.05, 0.1) is 9.82 Å². The number of non-ortho nitro benzene ring substituents is 1. The highest BCUT2D eigenvalue weighted by molar-refractivity contribution is 7.89. The van der Waals surface area contributed by atoms with E-state index in [4.69, 9.17) is 4.74 Å². The first-order valence-electron chi connectivity index (χ1n) is 8.43. The van der Waals surface area contributed by atoms with E-state index in [-0.39, 0.29) is 10.6 Å². The molecule has 0 aliphatic carbocycles. The summed E-state index contributed by atoms with van der Waals surface area (Å²) in [6.45, 7) is 0.215. The normalized spacial score (nSPS) is 11.2. The first kappa shape index (κ1) is 22.9. The van der Waals surface area contributed by atoms with Crippen LogP contribution in [0.1, 0.15) is 5.56 Å². The van der Waals surface area contributed by atoms with Crippen LogP contribution in [0.2, 0.25) is 0 Å². The largest absolute Gasteiger partial charge is 0.455 e. The number of likely N-dealkylation sites (N-methyl/N-ethyl adjacent to an activating group) is 1. The molecule has 0 bridgehead atoms. The van der Waals surface area contributed by atoms with E-state index in [1.165, 1.54) is 18.2 Å². The van der Waals surface area contributed by atoms with Crippen LogP contribution in [0.3, 0.4) is 0 Å². The number of nitrogens with one attached hydrogen (secondary N) is 1. The van der Waals surface area contributed by atoms with E-state index < -0.39 is 45.8 Å². The molecule has 2 aromatic carbocycles. The number of rotatable bonds is 8. The molecule has 1 N–H and O–H groups in total. The molecule has 0 unspecified atom stereocenters. The van der Waals surface area contributed by atoms with Gasteiger partial charge in [-0.2, -0.15) is 4.31 Å². The molecule has 0 spiro atoms. The second-order valence-electron chi connectivity index (χ2n) is 6.18. The standard InChI is InChI=1S/C18H18FN3O7S/c1-12-9-14(22(25)26)5-8-16(12)20-17(23)11-29-18(24)10-21(2)30(27,28)15-6-3-13(19)4-7-15/h3-9H,10-11H2,1-2H3,(H,20,23). The number of carbonyl (C=O) groups excluding carboxylic acids is 2. The number of hydrogen-bond donors (Lipinski definition) is 1. The third-order valence-corrected chi connectivity index (χ3v) is 5.75. The van der Waals surface area contributed by atoms with Gasteiger partial charge in [0.25, 0.3) is 11.6 Å². The Bertz CT molecular complexity index is 1070. The third kappa shape index (κ3) is 5.81. The number of nitro groups is 1. The van der Waals surface area contributed by atoms with Gasteiger partial charge >= 0.3 is 5.97 Å². The Morgan fingerprint density at radius 1 is 1.20 bits per heavy atom. The summed E-state index contributed by atoms with van der Waals surface area (Å²) >= 11 is 0. The zero-order valence-electron chi connectivity index (χ0n) is 16.0. The summed E-state index contributed by atoms with van der Waals surface area (Å²) < 4.78 is 43.1. The van der Waals surface area contributed by atoms with E-state index in [0.29, 0.717) is 15.6 Å². The maximum absolute atomic E-state index is 12.9. The molecule has 1 amide bonds. The Labute approximate surface area is 171 Å². The van der Waals surface area contributed by atoms with Crippen molar-refractivity contribution in [3.05, 3.63) is 64.0 Å². The number of nitro benzene ring substituents is 1. The SMILES string of the molecule is Cc1cc([N+](=O)[O-])ccc1NC(=O)COC(=O)CN(C)S(=O)(=O)c1ccc(F)cc1. The Morgan fingerprint density at radius 3 is 2.40 bits per heavy atom. The lowest BCUT2D eigenvalue weighted by Gasteiger charge is -2.16. The molecule has 0 aliphatic heterocycles. The van der Waals surface area contributed by atoms with Crippen LogP contribution in [-0.2, 0) is 24.3 Å². The van der Waals surface area contributed by atoms with Gasteiger partial charge in [-0.15, -0.1) is 0 Å². The number of aryl methyl sites for hydroxylation is 1. The third-order valence-electron chi connectivity index (χ3n) is 3.93. The van der Waals surface area contributed by atoms with E-state index in [2.05, 4.69) is 5.32 Å². The van der Waals surface area contributed by atoms with Crippen molar-refractivity contribution in [2.45, 2.75) is 11.8 Å². The number of halogens is 1. The number of nitrogens with zero attached hydrogens (tertiary/aromatic N) is 2. The van der Waals surface area contributed by atoms with Crippen LogP contribution in [0.25, 0.3) is 0 Å². The van der Waals surface area contributed by atoms with Gasteiger partial charge in [0, 0.05) is 24.9 Å². The predicted molar refractivity (Wildman–Crippen MR) is 104 cm³/mol. The molecule has 0 saturated carbocycles. The molecule has 10 nitrogen and oxygen atoms in total. The molecule has 30 heavy (non-hydrogen) atoms. The van der Waals surface area contributed by atoms with Crippen molar-refractivity contribution in [1.29, 1.82) is 0 Å². The minimum Gasteiger partial charge on any atom is -0.455 e. The molecular formula is C18H18FN3O7S. The van der Waals surface area contributed by atoms with Crippen molar-refractivity contribution in [3.8, 4) is 0 Å². The lowest BCUT2D eigenvalue weighted by atomic mass is 10.2. The van der Waals surface area contributed by atoms with Gasteiger partial charge in [0.2, 0.25) is 10.0 Å². The van der Waals surface area contributed by atoms with Gasteiger partial charge in [-0.05, 0) is 42.8 Å². The van der Waals surface area contributed by atoms with Gasteiger partial charge in [-0.1, -0.05) is 0 Å². The zero-order valence-corrected chi connectivity index (χ0v) is 16.8. The van der Waals surface area contributed by atoms with Crippen molar-refractivity contribution in [2.75, 3.05) is 25.5 Å². The molecule has 0 heterocycles. The number of hydrogen-bond acceptors (Lipinski definition) is 7. The average molecular weight is 439 g/mol. The molecule has 12 heteroatoms. The van der Waals surface area contributed by atoms with Crippen LogP contribution in [0.15, 0.2) is 47.4 Å². The van der Waals surface area contributed by atoms with E-state index in [1.54, 1.807) is 6.92 Å². The fourth-order valence-corrected chi connectivity index (χ4v) is 3.45. The minimum atomic E-state index is -4.04. The van der Waals surface area contributed by atoms with Gasteiger partial charge in [-0.3, -0.25) is 19.7 Å². The summed E-state index contributed by atoms with van der Waals surface area (Å²) in [7, 11) is -2.91. The Kier molecular flexibility index (Phi) is 7.19. The van der Waals surface area contributed by atoms with Crippen molar-refractivity contribution >= 4 is 33.3 Å². The Balaban J connectivity index is 1.90. The smallest absolute Gasteiger partial charge is 0.321 e. The molecule has 0 aromatic heterocycles. The number of carbonyl (C=O) groups is 2. The molecule has 2 rings (SSSR count). The highest BCUT2D eigenvalue weighted by Crippen LogP contribution is 2.21. The average Bonchev–Trinajstić information content (AvgIpc) is 2.68. The van der Waals surface area contributed by atoms with Gasteiger partial charge in [-0.25, -0.2) is 12.8 Å². The number of ether oxygens (including phenoxy) is 1. The fraction of sp³-hybridized carbons (Fsp3) is 0.222. The monoisotopic (exact) mass is 439 g/mol. The van der Waals surface area contributed by atoms with Crippen molar-refractivity contribution in [3.63, 3.8) is 0 Å². The predicted octanol–water partition coefficient (Wildman–Crippen LogP) is 1.84. The quantitative estimate of drug-likeness (QED) is 0.376. The van der Waals surface area contributed by atoms with Crippen LogP contribution < -0.4 is 5.32 Å². The molecule has 0 aliphatic rings. The second-order valence-corrected chi connectivity index (χ2v) is 8.23.